The minimum Gasteiger partial charge on any atom is -0.495 e. The zero-order chi connectivity index (χ0) is 20.4. The first-order valence-electron chi connectivity index (χ1n) is 10.3. The second kappa shape index (κ2) is 8.35. The van der Waals surface area contributed by atoms with Crippen LogP contribution in [0.4, 0.5) is 0 Å². The van der Waals surface area contributed by atoms with Crippen molar-refractivity contribution in [2.45, 2.75) is 50.9 Å². The number of hydrogen-bond donors (Lipinski definition) is 1. The van der Waals surface area contributed by atoms with Gasteiger partial charge in [-0.15, -0.1) is 0 Å². The van der Waals surface area contributed by atoms with Crippen LogP contribution < -0.4 is 15.2 Å². The quantitative estimate of drug-likeness (QED) is 0.772. The molecule has 2 fully saturated rings. The van der Waals surface area contributed by atoms with Crippen LogP contribution in [0.5, 0.6) is 11.6 Å². The Hall–Kier alpha value is -2.70. The molecule has 154 valence electrons. The third-order valence-corrected chi connectivity index (χ3v) is 6.20. The van der Waals surface area contributed by atoms with Crippen LogP contribution in [0.1, 0.15) is 61.0 Å². The molecule has 0 aromatic carbocycles. The van der Waals surface area contributed by atoms with E-state index in [0.717, 1.165) is 49.1 Å². The van der Waals surface area contributed by atoms with Crippen LogP contribution in [0.2, 0.25) is 0 Å². The number of pyridine rings is 1. The van der Waals surface area contributed by atoms with Crippen molar-refractivity contribution in [3.05, 3.63) is 41.6 Å². The highest BCUT2D eigenvalue weighted by atomic mass is 16.5. The maximum atomic E-state index is 11.4. The topological polar surface area (TPSA) is 100 Å². The number of methoxy groups -OCH3 is 1. The van der Waals surface area contributed by atoms with Gasteiger partial charge in [-0.1, -0.05) is 0 Å². The Morgan fingerprint density at radius 1 is 1.17 bits per heavy atom. The van der Waals surface area contributed by atoms with Crippen LogP contribution in [0.3, 0.4) is 0 Å². The maximum absolute atomic E-state index is 11.4. The summed E-state index contributed by atoms with van der Waals surface area (Å²) >= 11 is 0. The number of carbonyl (C=O) groups excluding carboxylic acids is 1. The van der Waals surface area contributed by atoms with Crippen LogP contribution in [-0.4, -0.2) is 34.6 Å². The normalized spacial score (nSPS) is 26.0. The molecule has 2 aliphatic rings. The molecular weight excluding hydrogens is 368 g/mol. The average Bonchev–Trinajstić information content (AvgIpc) is 3.52. The minimum atomic E-state index is -0.188. The fourth-order valence-electron chi connectivity index (χ4n) is 4.25. The molecule has 0 saturated heterocycles. The molecule has 2 saturated carbocycles. The number of carbonyl (C=O) groups is 1. The average molecular weight is 396 g/mol. The van der Waals surface area contributed by atoms with Gasteiger partial charge in [-0.3, -0.25) is 9.78 Å². The number of ether oxygens (including phenoxy) is 2. The van der Waals surface area contributed by atoms with E-state index < -0.39 is 0 Å². The maximum Gasteiger partial charge on any atom is 0.220 e. The zero-order valence-electron chi connectivity index (χ0n) is 17.0. The van der Waals surface area contributed by atoms with Gasteiger partial charge in [0.2, 0.25) is 11.8 Å². The largest absolute Gasteiger partial charge is 0.495 e. The van der Waals surface area contributed by atoms with Crippen molar-refractivity contribution in [1.82, 2.24) is 15.0 Å². The van der Waals surface area contributed by atoms with E-state index >= 15 is 0 Å². The lowest BCUT2D eigenvalue weighted by molar-refractivity contribution is -0.122. The van der Waals surface area contributed by atoms with Gasteiger partial charge < -0.3 is 15.2 Å². The van der Waals surface area contributed by atoms with E-state index in [4.69, 9.17) is 15.2 Å². The highest BCUT2D eigenvalue weighted by Gasteiger charge is 2.40. The van der Waals surface area contributed by atoms with Crippen molar-refractivity contribution >= 4 is 5.91 Å². The van der Waals surface area contributed by atoms with Gasteiger partial charge in [0.05, 0.1) is 19.9 Å². The Kier molecular flexibility index (Phi) is 5.65. The molecular formula is C22H28N4O3. The van der Waals surface area contributed by atoms with E-state index in [2.05, 4.69) is 15.0 Å². The van der Waals surface area contributed by atoms with Gasteiger partial charge in [0.25, 0.3) is 0 Å². The molecule has 1 amide bonds. The molecule has 2 unspecified atom stereocenters. The van der Waals surface area contributed by atoms with Gasteiger partial charge in [-0.2, -0.15) is 4.98 Å². The second-order valence-electron chi connectivity index (χ2n) is 8.16. The highest BCUT2D eigenvalue weighted by molar-refractivity contribution is 5.76. The number of hydrogen-bond acceptors (Lipinski definition) is 6. The molecule has 0 radical (unpaired) electrons. The lowest BCUT2D eigenvalue weighted by Crippen LogP contribution is -2.27. The molecule has 2 aromatic rings. The SMILES string of the molecule is COc1ccc(C2CC2COc2nc(C)ncc2C2CCC(C(N)=O)CC2)nc1. The fraction of sp³-hybridized carbons (Fsp3) is 0.545. The summed E-state index contributed by atoms with van der Waals surface area (Å²) in [5.41, 5.74) is 7.61. The highest BCUT2D eigenvalue weighted by Crippen LogP contribution is 2.47. The number of aromatic nitrogens is 3. The molecule has 7 nitrogen and oxygen atoms in total. The second-order valence-corrected chi connectivity index (χ2v) is 8.16. The molecule has 0 aliphatic heterocycles. The number of nitrogens with two attached hydrogens (primary N) is 1. The lowest BCUT2D eigenvalue weighted by Gasteiger charge is -2.27. The van der Waals surface area contributed by atoms with Gasteiger partial charge in [0, 0.05) is 35.2 Å². The monoisotopic (exact) mass is 396 g/mol. The molecule has 7 heteroatoms. The van der Waals surface area contributed by atoms with Crippen molar-refractivity contribution in [2.75, 3.05) is 13.7 Å². The van der Waals surface area contributed by atoms with Gasteiger partial charge in [-0.05, 0) is 57.1 Å². The van der Waals surface area contributed by atoms with E-state index in [9.17, 15) is 4.79 Å². The van der Waals surface area contributed by atoms with Crippen LogP contribution in [0.15, 0.2) is 24.5 Å². The predicted molar refractivity (Wildman–Crippen MR) is 108 cm³/mol. The Balaban J connectivity index is 1.38. The minimum absolute atomic E-state index is 0.00814. The molecule has 4 rings (SSSR count). The van der Waals surface area contributed by atoms with Crippen molar-refractivity contribution in [1.29, 1.82) is 0 Å². The van der Waals surface area contributed by atoms with Crippen molar-refractivity contribution in [2.24, 2.45) is 17.6 Å². The molecule has 2 aliphatic carbocycles. The number of amides is 1. The molecule has 2 heterocycles. The van der Waals surface area contributed by atoms with E-state index in [1.807, 2.05) is 25.3 Å². The van der Waals surface area contributed by atoms with Gasteiger partial charge in [-0.25, -0.2) is 4.98 Å². The summed E-state index contributed by atoms with van der Waals surface area (Å²) in [6, 6.07) is 3.98. The van der Waals surface area contributed by atoms with Crippen molar-refractivity contribution in [3.63, 3.8) is 0 Å². The Morgan fingerprint density at radius 2 is 1.97 bits per heavy atom. The smallest absolute Gasteiger partial charge is 0.220 e. The first-order chi connectivity index (χ1) is 14.0. The number of aryl methyl sites for hydroxylation is 1. The van der Waals surface area contributed by atoms with E-state index in [-0.39, 0.29) is 11.8 Å². The predicted octanol–water partition coefficient (Wildman–Crippen LogP) is 3.13. The molecule has 0 spiro atoms. The Morgan fingerprint density at radius 3 is 2.62 bits per heavy atom. The molecule has 2 aromatic heterocycles. The van der Waals surface area contributed by atoms with Gasteiger partial charge in [0.1, 0.15) is 11.6 Å². The number of rotatable bonds is 7. The number of primary amides is 1. The molecule has 2 N–H and O–H groups in total. The van der Waals surface area contributed by atoms with Crippen LogP contribution in [-0.2, 0) is 4.79 Å². The van der Waals surface area contributed by atoms with Crippen molar-refractivity contribution in [3.8, 4) is 11.6 Å². The van der Waals surface area contributed by atoms with Gasteiger partial charge in [0.15, 0.2) is 0 Å². The number of nitrogens with zero attached hydrogens (tertiary/aromatic N) is 3. The van der Waals surface area contributed by atoms with E-state index in [0.29, 0.717) is 36.1 Å². The fourth-order valence-corrected chi connectivity index (χ4v) is 4.25. The van der Waals surface area contributed by atoms with E-state index in [1.54, 1.807) is 13.3 Å². The molecule has 2 atom stereocenters. The van der Waals surface area contributed by atoms with Crippen LogP contribution in [0, 0.1) is 18.8 Å². The molecule has 29 heavy (non-hydrogen) atoms. The van der Waals surface area contributed by atoms with Crippen molar-refractivity contribution < 1.29 is 14.3 Å². The third-order valence-electron chi connectivity index (χ3n) is 6.20. The summed E-state index contributed by atoms with van der Waals surface area (Å²) in [5, 5.41) is 0. The molecule has 0 bridgehead atoms. The zero-order valence-corrected chi connectivity index (χ0v) is 17.0. The van der Waals surface area contributed by atoms with Crippen LogP contribution >= 0.6 is 0 Å². The van der Waals surface area contributed by atoms with Gasteiger partial charge >= 0.3 is 0 Å². The van der Waals surface area contributed by atoms with Crippen LogP contribution in [0.25, 0.3) is 0 Å². The summed E-state index contributed by atoms with van der Waals surface area (Å²) in [4.78, 5) is 24.9. The summed E-state index contributed by atoms with van der Waals surface area (Å²) in [5.74, 6) is 3.17. The summed E-state index contributed by atoms with van der Waals surface area (Å²) < 4.78 is 11.3. The lowest BCUT2D eigenvalue weighted by atomic mass is 9.79. The summed E-state index contributed by atoms with van der Waals surface area (Å²) in [7, 11) is 1.64. The Labute approximate surface area is 171 Å². The summed E-state index contributed by atoms with van der Waals surface area (Å²) in [6.07, 6.45) is 8.20. The third kappa shape index (κ3) is 4.49. The Bertz CT molecular complexity index is 863. The first kappa shape index (κ1) is 19.6. The standard InChI is InChI=1S/C22H28N4O3/c1-13-24-11-19(14-3-5-15(6-4-14)21(23)27)22(26-13)29-12-16-9-18(16)20-8-7-17(28-2)10-25-20/h7-8,10-11,14-16,18H,3-6,9,12H2,1-2H3,(H2,23,27). The van der Waals surface area contributed by atoms with E-state index in [1.165, 1.54) is 0 Å². The summed E-state index contributed by atoms with van der Waals surface area (Å²) in [6.45, 7) is 2.50. The first-order valence-corrected chi connectivity index (χ1v) is 10.3.